The standard InChI is InChI=1S/C17H13N3O2S/c21-16-15-14(18-8-19-16)12-9-4-1-2-5-10(9)13(20-17(12)23-15)11-6-3-7-22-11/h3,6-8,15H,1-2,4-5H2. The fraction of sp³-hybridized carbons (Fsp3) is 0.294. The van der Waals surface area contributed by atoms with Crippen LogP contribution in [0.4, 0.5) is 0 Å². The van der Waals surface area contributed by atoms with Crippen molar-refractivity contribution in [1.82, 2.24) is 4.98 Å². The van der Waals surface area contributed by atoms with Gasteiger partial charge in [0.25, 0.3) is 5.91 Å². The smallest absolute Gasteiger partial charge is 0.266 e. The molecule has 2 aromatic heterocycles. The molecule has 1 aliphatic carbocycles. The number of nitrogens with zero attached hydrogens (tertiary/aromatic N) is 3. The van der Waals surface area contributed by atoms with Crippen LogP contribution in [-0.2, 0) is 17.6 Å². The molecule has 0 radical (unpaired) electrons. The summed E-state index contributed by atoms with van der Waals surface area (Å²) in [6.45, 7) is 0. The van der Waals surface area contributed by atoms with E-state index in [1.54, 1.807) is 6.26 Å². The maximum atomic E-state index is 12.1. The van der Waals surface area contributed by atoms with Gasteiger partial charge < -0.3 is 4.42 Å². The van der Waals surface area contributed by atoms with E-state index in [2.05, 4.69) is 9.98 Å². The van der Waals surface area contributed by atoms with Crippen LogP contribution in [0.2, 0.25) is 0 Å². The molecule has 0 aromatic carbocycles. The maximum Gasteiger partial charge on any atom is 0.266 e. The molecular weight excluding hydrogens is 310 g/mol. The van der Waals surface area contributed by atoms with Crippen LogP contribution in [0.5, 0.6) is 0 Å². The summed E-state index contributed by atoms with van der Waals surface area (Å²) in [6, 6.07) is 3.83. The van der Waals surface area contributed by atoms with Crippen molar-refractivity contribution in [2.45, 2.75) is 36.0 Å². The first-order valence-electron chi connectivity index (χ1n) is 7.73. The molecule has 1 unspecified atom stereocenters. The van der Waals surface area contributed by atoms with Crippen LogP contribution >= 0.6 is 11.8 Å². The monoisotopic (exact) mass is 323 g/mol. The van der Waals surface area contributed by atoms with Gasteiger partial charge in [0, 0.05) is 5.56 Å². The van der Waals surface area contributed by atoms with Gasteiger partial charge in [0.15, 0.2) is 5.76 Å². The molecular formula is C17H13N3O2S. The van der Waals surface area contributed by atoms with E-state index in [9.17, 15) is 4.79 Å². The van der Waals surface area contributed by atoms with Crippen LogP contribution in [0.15, 0.2) is 37.8 Å². The van der Waals surface area contributed by atoms with Gasteiger partial charge in [0.1, 0.15) is 22.3 Å². The Bertz CT molecular complexity index is 884. The fourth-order valence-corrected chi connectivity index (χ4v) is 4.74. The van der Waals surface area contributed by atoms with E-state index in [4.69, 9.17) is 9.40 Å². The summed E-state index contributed by atoms with van der Waals surface area (Å²) in [5.74, 6) is 0.660. The van der Waals surface area contributed by atoms with Gasteiger partial charge >= 0.3 is 0 Å². The number of hydrogen-bond donors (Lipinski definition) is 0. The van der Waals surface area contributed by atoms with Gasteiger partial charge in [0.05, 0.1) is 12.0 Å². The van der Waals surface area contributed by atoms with Gasteiger partial charge in [-0.3, -0.25) is 4.79 Å². The number of aliphatic imine (C=N–C) groups is 2. The number of aromatic nitrogens is 1. The zero-order valence-corrected chi connectivity index (χ0v) is 13.1. The van der Waals surface area contributed by atoms with Crippen molar-refractivity contribution in [3.63, 3.8) is 0 Å². The van der Waals surface area contributed by atoms with E-state index in [1.165, 1.54) is 29.2 Å². The van der Waals surface area contributed by atoms with E-state index in [0.717, 1.165) is 53.4 Å². The van der Waals surface area contributed by atoms with E-state index < -0.39 is 0 Å². The average molecular weight is 323 g/mol. The Labute approximate surface area is 136 Å². The Morgan fingerprint density at radius 3 is 2.91 bits per heavy atom. The van der Waals surface area contributed by atoms with Crippen LogP contribution in [-0.4, -0.2) is 28.2 Å². The average Bonchev–Trinajstić information content (AvgIpc) is 3.22. The molecule has 0 saturated heterocycles. The van der Waals surface area contributed by atoms with E-state index >= 15 is 0 Å². The lowest BCUT2D eigenvalue weighted by molar-refractivity contribution is -0.116. The highest BCUT2D eigenvalue weighted by atomic mass is 32.2. The number of carbonyl (C=O) groups excluding carboxylic acids is 1. The van der Waals surface area contributed by atoms with E-state index in [0.29, 0.717) is 0 Å². The minimum atomic E-state index is -0.333. The molecule has 3 aliphatic rings. The zero-order chi connectivity index (χ0) is 15.4. The highest BCUT2D eigenvalue weighted by Crippen LogP contribution is 2.44. The van der Waals surface area contributed by atoms with Crippen molar-refractivity contribution in [1.29, 1.82) is 0 Å². The lowest BCUT2D eigenvalue weighted by Crippen LogP contribution is -2.26. The van der Waals surface area contributed by atoms with Crippen LogP contribution in [0, 0.1) is 0 Å². The Morgan fingerprint density at radius 1 is 1.22 bits per heavy atom. The highest BCUT2D eigenvalue weighted by molar-refractivity contribution is 8.02. The second-order valence-electron chi connectivity index (χ2n) is 5.88. The maximum absolute atomic E-state index is 12.1. The molecule has 114 valence electrons. The first kappa shape index (κ1) is 13.2. The predicted molar refractivity (Wildman–Crippen MR) is 88.3 cm³/mol. The first-order chi connectivity index (χ1) is 11.3. The summed E-state index contributed by atoms with van der Waals surface area (Å²) in [4.78, 5) is 25.2. The van der Waals surface area contributed by atoms with Gasteiger partial charge in [-0.2, -0.15) is 0 Å². The summed E-state index contributed by atoms with van der Waals surface area (Å²) >= 11 is 1.47. The molecule has 2 aliphatic heterocycles. The van der Waals surface area contributed by atoms with Gasteiger partial charge in [-0.05, 0) is 48.9 Å². The topological polar surface area (TPSA) is 67.8 Å². The second-order valence-corrected chi connectivity index (χ2v) is 6.97. The Kier molecular flexibility index (Phi) is 2.82. The molecule has 1 atom stereocenters. The number of fused-ring (bicyclic) bond motifs is 5. The van der Waals surface area contributed by atoms with Crippen LogP contribution in [0.3, 0.4) is 0 Å². The molecule has 5 nitrogen and oxygen atoms in total. The zero-order valence-electron chi connectivity index (χ0n) is 12.3. The molecule has 6 heteroatoms. The minimum Gasteiger partial charge on any atom is -0.463 e. The molecule has 0 N–H and O–H groups in total. The third-order valence-electron chi connectivity index (χ3n) is 4.58. The molecule has 0 saturated carbocycles. The van der Waals surface area contributed by atoms with Crippen LogP contribution in [0.1, 0.15) is 29.5 Å². The predicted octanol–water partition coefficient (Wildman–Crippen LogP) is 3.05. The number of carbonyl (C=O) groups is 1. The van der Waals surface area contributed by atoms with Crippen molar-refractivity contribution < 1.29 is 9.21 Å². The van der Waals surface area contributed by atoms with Crippen molar-refractivity contribution in [2.24, 2.45) is 9.98 Å². The van der Waals surface area contributed by atoms with E-state index in [1.807, 2.05) is 12.1 Å². The number of furan rings is 1. The van der Waals surface area contributed by atoms with Gasteiger partial charge in [-0.25, -0.2) is 15.0 Å². The van der Waals surface area contributed by atoms with Crippen LogP contribution < -0.4 is 0 Å². The first-order valence-corrected chi connectivity index (χ1v) is 8.61. The van der Waals surface area contributed by atoms with Crippen molar-refractivity contribution in [2.75, 3.05) is 0 Å². The Balaban J connectivity index is 1.78. The fourth-order valence-electron chi connectivity index (χ4n) is 3.58. The number of amides is 1. The van der Waals surface area contributed by atoms with Crippen molar-refractivity contribution >= 4 is 29.7 Å². The molecule has 2 aromatic rings. The van der Waals surface area contributed by atoms with Crippen molar-refractivity contribution in [3.8, 4) is 11.5 Å². The largest absolute Gasteiger partial charge is 0.463 e. The van der Waals surface area contributed by atoms with Crippen LogP contribution in [0.25, 0.3) is 11.5 Å². The second kappa shape index (κ2) is 4.89. The Morgan fingerprint density at radius 2 is 2.09 bits per heavy atom. The highest BCUT2D eigenvalue weighted by Gasteiger charge is 2.40. The minimum absolute atomic E-state index is 0.137. The van der Waals surface area contributed by atoms with Gasteiger partial charge in [-0.15, -0.1) is 0 Å². The molecule has 0 bridgehead atoms. The van der Waals surface area contributed by atoms with Gasteiger partial charge in [-0.1, -0.05) is 11.8 Å². The molecule has 5 rings (SSSR count). The molecule has 1 amide bonds. The molecule has 0 fully saturated rings. The number of pyridine rings is 1. The summed E-state index contributed by atoms with van der Waals surface area (Å²) in [5, 5.41) is 0.556. The molecule has 4 heterocycles. The normalized spacial score (nSPS) is 21.7. The number of hydrogen-bond acceptors (Lipinski definition) is 5. The summed E-state index contributed by atoms with van der Waals surface area (Å²) in [6.07, 6.45) is 7.37. The van der Waals surface area contributed by atoms with E-state index in [-0.39, 0.29) is 11.2 Å². The quantitative estimate of drug-likeness (QED) is 0.809. The van der Waals surface area contributed by atoms with Gasteiger partial charge in [0.2, 0.25) is 0 Å². The third-order valence-corrected chi connectivity index (χ3v) is 5.76. The summed E-state index contributed by atoms with van der Waals surface area (Å²) in [7, 11) is 0. The summed E-state index contributed by atoms with van der Waals surface area (Å²) < 4.78 is 5.59. The summed E-state index contributed by atoms with van der Waals surface area (Å²) in [5.41, 5.74) is 5.38. The third kappa shape index (κ3) is 1.88. The number of rotatable bonds is 1. The Hall–Kier alpha value is -2.21. The van der Waals surface area contributed by atoms with Crippen molar-refractivity contribution in [3.05, 3.63) is 35.1 Å². The lowest BCUT2D eigenvalue weighted by Gasteiger charge is -2.21. The SMILES string of the molecule is O=C1N=CN=C2c3c(nc(-c4ccco4)c4c3CCCC4)SC12. The molecule has 23 heavy (non-hydrogen) atoms. The molecule has 0 spiro atoms. The number of thioether (sulfide) groups is 1. The lowest BCUT2D eigenvalue weighted by atomic mass is 9.85.